The predicted molar refractivity (Wildman–Crippen MR) is 121 cm³/mol. The van der Waals surface area contributed by atoms with Crippen LogP contribution in [0, 0.1) is 11.3 Å². The second kappa shape index (κ2) is 11.4. The van der Waals surface area contributed by atoms with Gasteiger partial charge in [0.2, 0.25) is 5.91 Å². The number of hydrogen-bond donors (Lipinski definition) is 3. The minimum Gasteiger partial charge on any atom is -0.493 e. The topological polar surface area (TPSA) is 74.8 Å². The van der Waals surface area contributed by atoms with Gasteiger partial charge in [-0.1, -0.05) is 18.2 Å². The van der Waals surface area contributed by atoms with E-state index in [2.05, 4.69) is 20.9 Å². The Balaban J connectivity index is 0.00000364. The van der Waals surface area contributed by atoms with Gasteiger partial charge in [-0.15, -0.1) is 24.0 Å². The number of carbonyl (C=O) groups is 1. The van der Waals surface area contributed by atoms with E-state index in [9.17, 15) is 4.79 Å². The average molecular weight is 488 g/mol. The number of aliphatic imine (C=N–C) groups is 1. The van der Waals surface area contributed by atoms with Crippen LogP contribution in [0.4, 0.5) is 0 Å². The number of nitrogens with one attached hydrogen (secondary N) is 3. The van der Waals surface area contributed by atoms with Gasteiger partial charge in [-0.25, -0.2) is 4.99 Å². The zero-order chi connectivity index (χ0) is 19.0. The van der Waals surface area contributed by atoms with Crippen molar-refractivity contribution in [3.05, 3.63) is 29.8 Å². The highest BCUT2D eigenvalue weighted by atomic mass is 127. The molecule has 0 bridgehead atoms. The number of para-hydroxylation sites is 1. The zero-order valence-corrected chi connectivity index (χ0v) is 19.1. The highest BCUT2D eigenvalue weighted by Gasteiger charge is 2.26. The molecule has 27 heavy (non-hydrogen) atoms. The van der Waals surface area contributed by atoms with Gasteiger partial charge in [0, 0.05) is 25.7 Å². The summed E-state index contributed by atoms with van der Waals surface area (Å²) in [4.78, 5) is 16.6. The lowest BCUT2D eigenvalue weighted by atomic mass is 9.92. The summed E-state index contributed by atoms with van der Waals surface area (Å²) in [5.74, 6) is 2.32. The number of benzene rings is 1. The van der Waals surface area contributed by atoms with Gasteiger partial charge in [0.1, 0.15) is 5.75 Å². The van der Waals surface area contributed by atoms with Gasteiger partial charge >= 0.3 is 0 Å². The molecule has 1 aliphatic carbocycles. The molecule has 1 saturated carbocycles. The molecule has 0 unspecified atom stereocenters. The van der Waals surface area contributed by atoms with Crippen molar-refractivity contribution in [3.8, 4) is 5.75 Å². The maximum atomic E-state index is 11.9. The minimum absolute atomic E-state index is 0. The molecule has 0 saturated heterocycles. The summed E-state index contributed by atoms with van der Waals surface area (Å²) in [6.07, 6.45) is 2.55. The Labute approximate surface area is 179 Å². The summed E-state index contributed by atoms with van der Waals surface area (Å²) in [6.45, 7) is 8.40. The molecule has 6 nitrogen and oxygen atoms in total. The highest BCUT2D eigenvalue weighted by molar-refractivity contribution is 14.0. The first kappa shape index (κ1) is 23.5. The number of carbonyl (C=O) groups excluding carboxylic acids is 1. The molecule has 2 rings (SSSR count). The summed E-state index contributed by atoms with van der Waals surface area (Å²) in [5.41, 5.74) is 0.548. The molecule has 0 aliphatic heterocycles. The summed E-state index contributed by atoms with van der Waals surface area (Å²) in [5, 5.41) is 9.19. The summed E-state index contributed by atoms with van der Waals surface area (Å²) >= 11 is 0. The number of hydrogen-bond acceptors (Lipinski definition) is 3. The molecule has 1 amide bonds. The quantitative estimate of drug-likeness (QED) is 0.284. The average Bonchev–Trinajstić information content (AvgIpc) is 3.46. The molecule has 0 heterocycles. The van der Waals surface area contributed by atoms with Crippen LogP contribution in [0.5, 0.6) is 5.75 Å². The molecular formula is C20H33IN4O2. The van der Waals surface area contributed by atoms with Crippen molar-refractivity contribution in [2.75, 3.05) is 26.7 Å². The Kier molecular flexibility index (Phi) is 9.90. The third-order valence-electron chi connectivity index (χ3n) is 4.44. The predicted octanol–water partition coefficient (Wildman–Crippen LogP) is 2.92. The van der Waals surface area contributed by atoms with Crippen molar-refractivity contribution in [2.45, 2.75) is 40.2 Å². The van der Waals surface area contributed by atoms with Crippen LogP contribution in [0.1, 0.15) is 39.2 Å². The van der Waals surface area contributed by atoms with Gasteiger partial charge in [-0.2, -0.15) is 0 Å². The van der Waals surface area contributed by atoms with Crippen LogP contribution in [0.25, 0.3) is 0 Å². The van der Waals surface area contributed by atoms with Gasteiger partial charge < -0.3 is 20.7 Å². The van der Waals surface area contributed by atoms with E-state index in [4.69, 9.17) is 4.74 Å². The Bertz CT molecular complexity index is 630. The zero-order valence-electron chi connectivity index (χ0n) is 16.8. The van der Waals surface area contributed by atoms with Gasteiger partial charge in [0.05, 0.1) is 18.6 Å². The Morgan fingerprint density at radius 3 is 2.59 bits per heavy atom. The van der Waals surface area contributed by atoms with Crippen LogP contribution in [-0.2, 0) is 11.3 Å². The third kappa shape index (κ3) is 7.94. The molecule has 0 radical (unpaired) electrons. The lowest BCUT2D eigenvalue weighted by Gasteiger charge is -2.24. The van der Waals surface area contributed by atoms with E-state index in [1.54, 1.807) is 7.05 Å². The molecule has 1 aromatic carbocycles. The fourth-order valence-electron chi connectivity index (χ4n) is 2.50. The van der Waals surface area contributed by atoms with Crippen LogP contribution >= 0.6 is 24.0 Å². The summed E-state index contributed by atoms with van der Waals surface area (Å²) in [7, 11) is 1.65. The van der Waals surface area contributed by atoms with Crippen LogP contribution in [-0.4, -0.2) is 38.6 Å². The van der Waals surface area contributed by atoms with Crippen molar-refractivity contribution in [3.63, 3.8) is 0 Å². The van der Waals surface area contributed by atoms with Crippen molar-refractivity contribution < 1.29 is 9.53 Å². The molecule has 1 aromatic rings. The monoisotopic (exact) mass is 488 g/mol. The van der Waals surface area contributed by atoms with Crippen molar-refractivity contribution in [2.24, 2.45) is 16.3 Å². The van der Waals surface area contributed by atoms with Crippen LogP contribution in [0.15, 0.2) is 29.3 Å². The Morgan fingerprint density at radius 1 is 1.26 bits per heavy atom. The molecule has 152 valence electrons. The molecule has 0 aromatic heterocycles. The van der Waals surface area contributed by atoms with E-state index in [0.717, 1.165) is 30.4 Å². The standard InChI is InChI=1S/C20H32N4O2.HI/c1-5-22-19(24-14-20(2,3)18(25)21-4)23-12-16-8-6-7-9-17(16)26-13-15-10-11-15;/h6-9,15H,5,10-14H2,1-4H3,(H,21,25)(H2,22,23,24);1H. The normalized spacial score (nSPS) is 14.1. The minimum atomic E-state index is -0.518. The van der Waals surface area contributed by atoms with Gasteiger partial charge in [-0.3, -0.25) is 4.79 Å². The summed E-state index contributed by atoms with van der Waals surface area (Å²) in [6, 6.07) is 8.04. The Hall–Kier alpha value is -1.51. The third-order valence-corrected chi connectivity index (χ3v) is 4.44. The smallest absolute Gasteiger partial charge is 0.227 e. The molecule has 1 fully saturated rings. The number of rotatable bonds is 9. The maximum Gasteiger partial charge on any atom is 0.227 e. The van der Waals surface area contributed by atoms with Crippen molar-refractivity contribution in [1.29, 1.82) is 0 Å². The van der Waals surface area contributed by atoms with E-state index < -0.39 is 5.41 Å². The van der Waals surface area contributed by atoms with E-state index >= 15 is 0 Å². The maximum absolute atomic E-state index is 11.9. The lowest BCUT2D eigenvalue weighted by molar-refractivity contribution is -0.128. The fourth-order valence-corrected chi connectivity index (χ4v) is 2.50. The van der Waals surface area contributed by atoms with Crippen LogP contribution in [0.3, 0.4) is 0 Å². The molecule has 7 heteroatoms. The first-order chi connectivity index (χ1) is 12.5. The largest absolute Gasteiger partial charge is 0.493 e. The number of ether oxygens (including phenoxy) is 1. The van der Waals surface area contributed by atoms with E-state index in [-0.39, 0.29) is 29.9 Å². The highest BCUT2D eigenvalue weighted by Crippen LogP contribution is 2.30. The van der Waals surface area contributed by atoms with Gasteiger partial charge in [-0.05, 0) is 45.6 Å². The summed E-state index contributed by atoms with van der Waals surface area (Å²) < 4.78 is 5.95. The molecule has 0 spiro atoms. The second-order valence-corrected chi connectivity index (χ2v) is 7.37. The fraction of sp³-hybridized carbons (Fsp3) is 0.600. The molecule has 3 N–H and O–H groups in total. The molecule has 1 aliphatic rings. The molecular weight excluding hydrogens is 455 g/mol. The first-order valence-electron chi connectivity index (χ1n) is 9.41. The SMILES string of the molecule is CCNC(=NCc1ccccc1OCC1CC1)NCC(C)(C)C(=O)NC.I. The Morgan fingerprint density at radius 2 is 1.96 bits per heavy atom. The van der Waals surface area contributed by atoms with Crippen LogP contribution in [0.2, 0.25) is 0 Å². The van der Waals surface area contributed by atoms with Gasteiger partial charge in [0.15, 0.2) is 5.96 Å². The first-order valence-corrected chi connectivity index (χ1v) is 9.41. The van der Waals surface area contributed by atoms with Crippen molar-refractivity contribution >= 4 is 35.8 Å². The number of amides is 1. The lowest BCUT2D eigenvalue weighted by Crippen LogP contribution is -2.47. The van der Waals surface area contributed by atoms with Gasteiger partial charge in [0.25, 0.3) is 0 Å². The van der Waals surface area contributed by atoms with E-state index in [1.165, 1.54) is 12.8 Å². The number of halogens is 1. The van der Waals surface area contributed by atoms with E-state index in [1.807, 2.05) is 45.0 Å². The molecule has 0 atom stereocenters. The second-order valence-electron chi connectivity index (χ2n) is 7.37. The number of nitrogens with zero attached hydrogens (tertiary/aromatic N) is 1. The van der Waals surface area contributed by atoms with Crippen molar-refractivity contribution in [1.82, 2.24) is 16.0 Å². The van der Waals surface area contributed by atoms with E-state index in [0.29, 0.717) is 19.0 Å². The van der Waals surface area contributed by atoms with Crippen LogP contribution < -0.4 is 20.7 Å². The number of guanidine groups is 1.